The lowest BCUT2D eigenvalue weighted by Crippen LogP contribution is -2.33. The van der Waals surface area contributed by atoms with E-state index in [0.717, 1.165) is 0 Å². The lowest BCUT2D eigenvalue weighted by Gasteiger charge is -2.13. The summed E-state index contributed by atoms with van der Waals surface area (Å²) in [6, 6.07) is 8.45. The number of hydrogen-bond donors (Lipinski definition) is 1. The van der Waals surface area contributed by atoms with Gasteiger partial charge in [-0.15, -0.1) is 0 Å². The topological polar surface area (TPSA) is 71.4 Å². The van der Waals surface area contributed by atoms with Crippen LogP contribution >= 0.6 is 0 Å². The molecule has 17 heavy (non-hydrogen) atoms. The third-order valence-electron chi connectivity index (χ3n) is 2.47. The van der Waals surface area contributed by atoms with Gasteiger partial charge in [-0.25, -0.2) is 0 Å². The molecule has 1 aromatic carbocycles. The first-order chi connectivity index (χ1) is 7.95. The van der Waals surface area contributed by atoms with Crippen LogP contribution < -0.4 is 0 Å². The Labute approximate surface area is 102 Å². The maximum absolute atomic E-state index is 11.9. The molecular weight excluding hydrogens is 240 g/mol. The monoisotopic (exact) mass is 254 g/mol. The van der Waals surface area contributed by atoms with Gasteiger partial charge in [-0.2, -0.15) is 0 Å². The maximum Gasteiger partial charge on any atom is 0.319 e. The Morgan fingerprint density at radius 2 is 1.65 bits per heavy atom. The molecule has 5 heteroatoms. The normalized spacial score (nSPS) is 15.9. The van der Waals surface area contributed by atoms with E-state index < -0.39 is 27.3 Å². The van der Waals surface area contributed by atoms with Crippen LogP contribution in [0, 0.1) is 0 Å². The highest BCUT2D eigenvalue weighted by Crippen LogP contribution is 2.11. The van der Waals surface area contributed by atoms with Crippen LogP contribution in [0.2, 0.25) is 0 Å². The number of hydrogen-bond acceptors (Lipinski definition) is 3. The van der Waals surface area contributed by atoms with Crippen LogP contribution in [0.25, 0.3) is 0 Å². The van der Waals surface area contributed by atoms with Crippen molar-refractivity contribution < 1.29 is 18.9 Å². The van der Waals surface area contributed by atoms with Gasteiger partial charge < -0.3 is 5.11 Å². The first-order valence-electron chi connectivity index (χ1n) is 5.16. The van der Waals surface area contributed by atoms with E-state index in [-0.39, 0.29) is 5.78 Å². The zero-order chi connectivity index (χ0) is 13.0. The number of aliphatic carboxylic acids is 1. The first kappa shape index (κ1) is 13.6. The number of benzene rings is 1. The second-order valence-electron chi connectivity index (χ2n) is 3.68. The summed E-state index contributed by atoms with van der Waals surface area (Å²) in [5.74, 6) is -1.45. The van der Waals surface area contributed by atoms with Gasteiger partial charge in [0.05, 0.1) is 5.25 Å². The molecule has 3 atom stereocenters. The van der Waals surface area contributed by atoms with Crippen LogP contribution in [-0.4, -0.2) is 31.6 Å². The fourth-order valence-corrected chi connectivity index (χ4v) is 2.51. The fourth-order valence-electron chi connectivity index (χ4n) is 1.35. The molecule has 0 aliphatic carbocycles. The molecule has 0 aliphatic rings. The molecule has 3 unspecified atom stereocenters. The van der Waals surface area contributed by atoms with Gasteiger partial charge in [0.15, 0.2) is 5.78 Å². The molecule has 0 amide bonds. The van der Waals surface area contributed by atoms with Crippen molar-refractivity contribution in [3.63, 3.8) is 0 Å². The first-order valence-corrected chi connectivity index (χ1v) is 6.44. The Morgan fingerprint density at radius 1 is 1.12 bits per heavy atom. The number of carbonyl (C=O) groups is 2. The highest BCUT2D eigenvalue weighted by Gasteiger charge is 2.29. The predicted octanol–water partition coefficient (Wildman–Crippen LogP) is 1.48. The zero-order valence-corrected chi connectivity index (χ0v) is 10.4. The summed E-state index contributed by atoms with van der Waals surface area (Å²) in [7, 11) is -1.72. The molecule has 0 heterocycles. The molecule has 0 fully saturated rings. The number of Topliss-reactive ketones (excluding diaryl/α,β-unsaturated/α-hetero) is 1. The molecule has 0 saturated heterocycles. The van der Waals surface area contributed by atoms with Crippen LogP contribution in [-0.2, 0) is 15.6 Å². The van der Waals surface area contributed by atoms with E-state index in [1.165, 1.54) is 13.8 Å². The van der Waals surface area contributed by atoms with Crippen molar-refractivity contribution in [1.82, 2.24) is 0 Å². The summed E-state index contributed by atoms with van der Waals surface area (Å²) in [6.45, 7) is 2.83. The zero-order valence-electron chi connectivity index (χ0n) is 9.62. The Kier molecular flexibility index (Phi) is 4.57. The average molecular weight is 254 g/mol. The summed E-state index contributed by atoms with van der Waals surface area (Å²) in [4.78, 5) is 22.6. The molecule has 1 N–H and O–H groups in total. The number of carbonyl (C=O) groups excluding carboxylic acids is 1. The van der Waals surface area contributed by atoms with Crippen LogP contribution in [0.5, 0.6) is 0 Å². The van der Waals surface area contributed by atoms with Crippen molar-refractivity contribution in [1.29, 1.82) is 0 Å². The summed E-state index contributed by atoms with van der Waals surface area (Å²) in [5, 5.41) is 6.89. The van der Waals surface area contributed by atoms with Gasteiger partial charge in [0, 0.05) is 16.4 Å². The van der Waals surface area contributed by atoms with E-state index in [0.29, 0.717) is 5.56 Å². The standard InChI is InChI=1S/C12H14O4S/c1-8(17(16)9(2)12(14)15)11(13)10-6-4-3-5-7-10/h3-9H,1-2H3,(H,14,15). The molecular formula is C12H14O4S. The molecule has 4 nitrogen and oxygen atoms in total. The summed E-state index contributed by atoms with van der Waals surface area (Å²) >= 11 is 0. The largest absolute Gasteiger partial charge is 0.480 e. The van der Waals surface area contributed by atoms with Crippen molar-refractivity contribution in [2.24, 2.45) is 0 Å². The van der Waals surface area contributed by atoms with Gasteiger partial charge in [0.25, 0.3) is 0 Å². The number of carboxylic acids is 1. The van der Waals surface area contributed by atoms with Gasteiger partial charge in [-0.1, -0.05) is 30.3 Å². The minimum absolute atomic E-state index is 0.294. The second kappa shape index (κ2) is 5.72. The number of carboxylic acid groups (broad SMARTS) is 1. The van der Waals surface area contributed by atoms with Crippen molar-refractivity contribution in [2.75, 3.05) is 0 Å². The Bertz CT molecular complexity index is 441. The van der Waals surface area contributed by atoms with E-state index in [4.69, 9.17) is 5.11 Å². The van der Waals surface area contributed by atoms with E-state index in [2.05, 4.69) is 0 Å². The van der Waals surface area contributed by atoms with Gasteiger partial charge in [0.1, 0.15) is 5.25 Å². The molecule has 1 aromatic rings. The number of rotatable bonds is 5. The summed E-state index contributed by atoms with van der Waals surface area (Å²) < 4.78 is 11.8. The van der Waals surface area contributed by atoms with Crippen molar-refractivity contribution in [3.8, 4) is 0 Å². The van der Waals surface area contributed by atoms with Gasteiger partial charge in [0.2, 0.25) is 0 Å². The van der Waals surface area contributed by atoms with Crippen LogP contribution in [0.15, 0.2) is 30.3 Å². The van der Waals surface area contributed by atoms with Crippen LogP contribution in [0.3, 0.4) is 0 Å². The summed E-state index contributed by atoms with van der Waals surface area (Å²) in [5.41, 5.74) is 0.450. The molecule has 0 bridgehead atoms. The van der Waals surface area contributed by atoms with Crippen LogP contribution in [0.4, 0.5) is 0 Å². The summed E-state index contributed by atoms with van der Waals surface area (Å²) in [6.07, 6.45) is 0. The number of ketones is 1. The molecule has 0 saturated carbocycles. The van der Waals surface area contributed by atoms with Crippen molar-refractivity contribution >= 4 is 22.6 Å². The van der Waals surface area contributed by atoms with Gasteiger partial charge in [-0.05, 0) is 13.8 Å². The minimum Gasteiger partial charge on any atom is -0.480 e. The third kappa shape index (κ3) is 3.23. The maximum atomic E-state index is 11.9. The van der Waals surface area contributed by atoms with E-state index in [1.54, 1.807) is 30.3 Å². The molecule has 0 spiro atoms. The lowest BCUT2D eigenvalue weighted by atomic mass is 10.1. The Morgan fingerprint density at radius 3 is 2.12 bits per heavy atom. The third-order valence-corrected chi connectivity index (χ3v) is 4.28. The highest BCUT2D eigenvalue weighted by atomic mass is 32.2. The van der Waals surface area contributed by atoms with Crippen molar-refractivity contribution in [2.45, 2.75) is 24.3 Å². The average Bonchev–Trinajstić information content (AvgIpc) is 2.36. The smallest absolute Gasteiger partial charge is 0.319 e. The predicted molar refractivity (Wildman–Crippen MR) is 65.5 cm³/mol. The molecule has 0 aliphatic heterocycles. The fraction of sp³-hybridized carbons (Fsp3) is 0.333. The highest BCUT2D eigenvalue weighted by molar-refractivity contribution is 7.87. The van der Waals surface area contributed by atoms with E-state index in [1.807, 2.05) is 0 Å². The SMILES string of the molecule is CC(C(=O)O)S(=O)C(C)C(=O)c1ccccc1. The Balaban J connectivity index is 2.84. The molecule has 0 aromatic heterocycles. The van der Waals surface area contributed by atoms with Gasteiger partial charge >= 0.3 is 5.97 Å². The lowest BCUT2D eigenvalue weighted by molar-refractivity contribution is -0.136. The van der Waals surface area contributed by atoms with Crippen LogP contribution in [0.1, 0.15) is 24.2 Å². The Hall–Kier alpha value is -1.49. The molecule has 0 radical (unpaired) electrons. The van der Waals surface area contributed by atoms with Crippen molar-refractivity contribution in [3.05, 3.63) is 35.9 Å². The van der Waals surface area contributed by atoms with Gasteiger partial charge in [-0.3, -0.25) is 13.8 Å². The van der Waals surface area contributed by atoms with E-state index in [9.17, 15) is 13.8 Å². The molecule has 1 rings (SSSR count). The second-order valence-corrected chi connectivity index (χ2v) is 5.75. The minimum atomic E-state index is -1.72. The van der Waals surface area contributed by atoms with E-state index >= 15 is 0 Å². The molecule has 92 valence electrons. The quantitative estimate of drug-likeness (QED) is 0.808.